The molecule has 0 atom stereocenters. The summed E-state index contributed by atoms with van der Waals surface area (Å²) < 4.78 is 1.45. The number of rotatable bonds is 3. The molecule has 3 rings (SSSR count). The summed E-state index contributed by atoms with van der Waals surface area (Å²) in [7, 11) is 0. The largest absolute Gasteiger partial charge is 0.379 e. The Morgan fingerprint density at radius 3 is 2.59 bits per heavy atom. The highest BCUT2D eigenvalue weighted by atomic mass is 35.5. The van der Waals surface area contributed by atoms with Crippen molar-refractivity contribution in [2.75, 3.05) is 5.32 Å². The summed E-state index contributed by atoms with van der Waals surface area (Å²) in [6.07, 6.45) is 1.58. The fourth-order valence-electron chi connectivity index (χ4n) is 2.49. The minimum Gasteiger partial charge on any atom is -0.379 e. The van der Waals surface area contributed by atoms with E-state index >= 15 is 0 Å². The van der Waals surface area contributed by atoms with E-state index in [0.717, 1.165) is 5.69 Å². The van der Waals surface area contributed by atoms with Crippen molar-refractivity contribution in [1.82, 2.24) is 9.38 Å². The Hall–Kier alpha value is -2.33. The quantitative estimate of drug-likeness (QED) is 0.804. The zero-order valence-electron chi connectivity index (χ0n) is 12.4. The number of fused-ring (bicyclic) bond motifs is 1. The molecule has 0 saturated carbocycles. The van der Waals surface area contributed by atoms with Crippen molar-refractivity contribution in [2.45, 2.75) is 20.4 Å². The van der Waals surface area contributed by atoms with Gasteiger partial charge in [0.2, 0.25) is 0 Å². The molecule has 0 radical (unpaired) electrons. The van der Waals surface area contributed by atoms with E-state index in [1.54, 1.807) is 18.3 Å². The second-order valence-electron chi connectivity index (χ2n) is 5.39. The van der Waals surface area contributed by atoms with Crippen LogP contribution in [0.25, 0.3) is 5.65 Å². The van der Waals surface area contributed by atoms with Gasteiger partial charge in [0.05, 0.1) is 17.3 Å². The van der Waals surface area contributed by atoms with Gasteiger partial charge in [0.25, 0.3) is 5.56 Å². The van der Waals surface area contributed by atoms with Crippen LogP contribution in [-0.4, -0.2) is 9.38 Å². The van der Waals surface area contributed by atoms with Gasteiger partial charge < -0.3 is 5.32 Å². The molecule has 0 spiro atoms. The van der Waals surface area contributed by atoms with Gasteiger partial charge in [0.1, 0.15) is 5.65 Å². The maximum Gasteiger partial charge on any atom is 0.258 e. The summed E-state index contributed by atoms with van der Waals surface area (Å²) >= 11 is 5.90. The predicted octanol–water partition coefficient (Wildman–Crippen LogP) is 3.58. The van der Waals surface area contributed by atoms with Gasteiger partial charge in [-0.1, -0.05) is 17.7 Å². The number of pyridine rings is 1. The van der Waals surface area contributed by atoms with Crippen molar-refractivity contribution >= 4 is 22.9 Å². The second-order valence-corrected chi connectivity index (χ2v) is 5.83. The topological polar surface area (TPSA) is 46.4 Å². The van der Waals surface area contributed by atoms with E-state index < -0.39 is 0 Å². The highest BCUT2D eigenvalue weighted by Crippen LogP contribution is 2.15. The van der Waals surface area contributed by atoms with E-state index in [2.05, 4.69) is 42.3 Å². The van der Waals surface area contributed by atoms with Crippen LogP contribution in [0.4, 0.5) is 5.69 Å². The van der Waals surface area contributed by atoms with Crippen molar-refractivity contribution < 1.29 is 0 Å². The first-order valence-electron chi connectivity index (χ1n) is 7.01. The highest BCUT2D eigenvalue weighted by molar-refractivity contribution is 6.30. The van der Waals surface area contributed by atoms with Crippen LogP contribution in [0.3, 0.4) is 0 Å². The van der Waals surface area contributed by atoms with Gasteiger partial charge in [-0.25, -0.2) is 4.98 Å². The van der Waals surface area contributed by atoms with Crippen molar-refractivity contribution in [1.29, 1.82) is 0 Å². The monoisotopic (exact) mass is 313 g/mol. The molecule has 0 aliphatic carbocycles. The smallest absolute Gasteiger partial charge is 0.258 e. The molecule has 22 heavy (non-hydrogen) atoms. The van der Waals surface area contributed by atoms with E-state index in [0.29, 0.717) is 22.9 Å². The molecule has 3 aromatic rings. The van der Waals surface area contributed by atoms with Gasteiger partial charge in [0.15, 0.2) is 0 Å². The van der Waals surface area contributed by atoms with Gasteiger partial charge in [-0.15, -0.1) is 0 Å². The van der Waals surface area contributed by atoms with Crippen molar-refractivity contribution in [3.05, 3.63) is 74.8 Å². The Morgan fingerprint density at radius 2 is 1.86 bits per heavy atom. The number of nitrogens with one attached hydrogen (secondary N) is 1. The van der Waals surface area contributed by atoms with E-state index in [1.165, 1.54) is 21.6 Å². The number of halogens is 1. The summed E-state index contributed by atoms with van der Waals surface area (Å²) in [5.41, 5.74) is 4.58. The first kappa shape index (κ1) is 14.6. The summed E-state index contributed by atoms with van der Waals surface area (Å²) in [6.45, 7) is 4.61. The summed E-state index contributed by atoms with van der Waals surface area (Å²) in [5, 5.41) is 3.82. The molecule has 0 fully saturated rings. The van der Waals surface area contributed by atoms with Gasteiger partial charge in [-0.05, 0) is 49.2 Å². The number of benzene rings is 1. The molecule has 0 aliphatic heterocycles. The Bertz CT molecular complexity index is 882. The average Bonchev–Trinajstić information content (AvgIpc) is 2.45. The van der Waals surface area contributed by atoms with Crippen LogP contribution in [0.1, 0.15) is 16.8 Å². The summed E-state index contributed by atoms with van der Waals surface area (Å²) in [4.78, 5) is 16.6. The fourth-order valence-corrected chi connectivity index (χ4v) is 2.65. The molecule has 2 heterocycles. The van der Waals surface area contributed by atoms with Crippen LogP contribution in [0.15, 0.2) is 47.4 Å². The number of aromatic nitrogens is 2. The maximum atomic E-state index is 12.1. The molecule has 0 unspecified atom stereocenters. The SMILES string of the molecule is Cc1cc(C)cc(NCc2cc(=O)n3cc(Cl)ccc3n2)c1. The third-order valence-corrected chi connectivity index (χ3v) is 3.60. The minimum absolute atomic E-state index is 0.135. The van der Waals surface area contributed by atoms with Crippen molar-refractivity contribution in [2.24, 2.45) is 0 Å². The standard InChI is InChI=1S/C17H16ClN3O/c1-11-5-12(2)7-14(6-11)19-9-15-8-17(22)21-10-13(18)3-4-16(21)20-15/h3-8,10,19H,9H2,1-2H3. The minimum atomic E-state index is -0.135. The lowest BCUT2D eigenvalue weighted by atomic mass is 10.1. The Kier molecular flexibility index (Phi) is 3.86. The third kappa shape index (κ3) is 3.12. The molecular formula is C17H16ClN3O. The molecule has 1 aromatic carbocycles. The summed E-state index contributed by atoms with van der Waals surface area (Å²) in [5.74, 6) is 0. The molecule has 2 aromatic heterocycles. The lowest BCUT2D eigenvalue weighted by molar-refractivity contribution is 0.971. The molecule has 112 valence electrons. The van der Waals surface area contributed by atoms with Gasteiger partial charge in [-0.3, -0.25) is 9.20 Å². The van der Waals surface area contributed by atoms with Crippen LogP contribution in [-0.2, 0) is 6.54 Å². The third-order valence-electron chi connectivity index (χ3n) is 3.37. The number of hydrogen-bond acceptors (Lipinski definition) is 3. The molecule has 1 N–H and O–H groups in total. The number of aryl methyl sites for hydroxylation is 2. The molecule has 4 nitrogen and oxygen atoms in total. The Labute approximate surface area is 133 Å². The lowest BCUT2D eigenvalue weighted by Gasteiger charge is -2.09. The predicted molar refractivity (Wildman–Crippen MR) is 89.7 cm³/mol. The fraction of sp³-hybridized carbons (Fsp3) is 0.176. The number of anilines is 1. The van der Waals surface area contributed by atoms with Crippen LogP contribution in [0.2, 0.25) is 5.02 Å². The second kappa shape index (κ2) is 5.81. The molecule has 0 aliphatic rings. The number of hydrogen-bond donors (Lipinski definition) is 1. The van der Waals surface area contributed by atoms with E-state index in [4.69, 9.17) is 11.6 Å². The highest BCUT2D eigenvalue weighted by Gasteiger charge is 2.03. The number of nitrogens with zero attached hydrogens (tertiary/aromatic N) is 2. The zero-order valence-corrected chi connectivity index (χ0v) is 13.2. The van der Waals surface area contributed by atoms with E-state index in [9.17, 15) is 4.79 Å². The van der Waals surface area contributed by atoms with Gasteiger partial charge in [0, 0.05) is 18.0 Å². The normalized spacial score (nSPS) is 10.9. The molecular weight excluding hydrogens is 298 g/mol. The van der Waals surface area contributed by atoms with Crippen LogP contribution < -0.4 is 10.9 Å². The molecule has 0 bridgehead atoms. The first-order chi connectivity index (χ1) is 10.5. The van der Waals surface area contributed by atoms with E-state index in [1.807, 2.05) is 0 Å². The van der Waals surface area contributed by atoms with Crippen molar-refractivity contribution in [3.63, 3.8) is 0 Å². The lowest BCUT2D eigenvalue weighted by Crippen LogP contribution is -2.16. The van der Waals surface area contributed by atoms with Gasteiger partial charge in [-0.2, -0.15) is 0 Å². The van der Waals surface area contributed by atoms with E-state index in [-0.39, 0.29) is 5.56 Å². The first-order valence-corrected chi connectivity index (χ1v) is 7.39. The Morgan fingerprint density at radius 1 is 1.14 bits per heavy atom. The van der Waals surface area contributed by atoms with Crippen LogP contribution in [0, 0.1) is 13.8 Å². The van der Waals surface area contributed by atoms with Crippen LogP contribution >= 0.6 is 11.6 Å². The Balaban J connectivity index is 1.88. The van der Waals surface area contributed by atoms with Crippen molar-refractivity contribution in [3.8, 4) is 0 Å². The zero-order chi connectivity index (χ0) is 15.7. The van der Waals surface area contributed by atoms with Gasteiger partial charge >= 0.3 is 0 Å². The molecule has 5 heteroatoms. The summed E-state index contributed by atoms with van der Waals surface area (Å²) in [6, 6.07) is 11.3. The van der Waals surface area contributed by atoms with Crippen LogP contribution in [0.5, 0.6) is 0 Å². The molecule has 0 amide bonds. The maximum absolute atomic E-state index is 12.1. The molecule has 0 saturated heterocycles. The average molecular weight is 314 g/mol.